The number of methoxy groups -OCH3 is 2. The Morgan fingerprint density at radius 1 is 1.15 bits per heavy atom. The zero-order chi connectivity index (χ0) is 14.7. The third-order valence-corrected chi connectivity index (χ3v) is 4.43. The van der Waals surface area contributed by atoms with Crippen molar-refractivity contribution in [3.8, 4) is 0 Å². The molecule has 0 bridgehead atoms. The van der Waals surface area contributed by atoms with Gasteiger partial charge < -0.3 is 15.2 Å². The molecule has 1 aromatic carbocycles. The van der Waals surface area contributed by atoms with Crippen LogP contribution in [-0.2, 0) is 9.47 Å². The molecule has 1 aliphatic heterocycles. The van der Waals surface area contributed by atoms with E-state index < -0.39 is 0 Å². The second-order valence-electron chi connectivity index (χ2n) is 5.60. The number of nitrogens with two attached hydrogens (primary N) is 1. The fourth-order valence-electron chi connectivity index (χ4n) is 2.95. The number of likely N-dealkylation sites (tertiary alicyclic amines) is 1. The molecule has 0 radical (unpaired) electrons. The van der Waals surface area contributed by atoms with Gasteiger partial charge in [-0.15, -0.1) is 0 Å². The van der Waals surface area contributed by atoms with Crippen LogP contribution in [0.3, 0.4) is 0 Å². The molecule has 0 spiro atoms. The molecule has 2 N–H and O–H groups in total. The highest BCUT2D eigenvalue weighted by atomic mass is 16.5. The highest BCUT2D eigenvalue weighted by Gasteiger charge is 2.36. The van der Waals surface area contributed by atoms with Gasteiger partial charge in [0.05, 0.1) is 12.2 Å². The maximum Gasteiger partial charge on any atom is 0.0972 e. The summed E-state index contributed by atoms with van der Waals surface area (Å²) in [5.41, 5.74) is 9.93. The largest absolute Gasteiger partial charge is 0.377 e. The zero-order valence-corrected chi connectivity index (χ0v) is 12.9. The standard InChI is InChI=1S/C16H26N2O2/c1-11-5-6-13(7-12(11)2)14(8-17)18-9-15(19-3)16(10-18)20-4/h5-7,14-16H,8-10,17H2,1-4H3. The Balaban J connectivity index is 2.18. The molecule has 0 aliphatic carbocycles. The van der Waals surface area contributed by atoms with Crippen molar-refractivity contribution in [1.82, 2.24) is 4.90 Å². The first kappa shape index (κ1) is 15.4. The van der Waals surface area contributed by atoms with Gasteiger partial charge in [0.15, 0.2) is 0 Å². The Bertz CT molecular complexity index is 438. The molecule has 1 aromatic rings. The summed E-state index contributed by atoms with van der Waals surface area (Å²) < 4.78 is 11.0. The van der Waals surface area contributed by atoms with Crippen molar-refractivity contribution in [2.75, 3.05) is 33.9 Å². The van der Waals surface area contributed by atoms with E-state index in [9.17, 15) is 0 Å². The molecule has 0 saturated carbocycles. The van der Waals surface area contributed by atoms with Gasteiger partial charge in [-0.1, -0.05) is 18.2 Å². The number of aryl methyl sites for hydroxylation is 2. The summed E-state index contributed by atoms with van der Waals surface area (Å²) in [4.78, 5) is 2.37. The third kappa shape index (κ3) is 3.04. The number of ether oxygens (including phenoxy) is 2. The van der Waals surface area contributed by atoms with Crippen LogP contribution >= 0.6 is 0 Å². The highest BCUT2D eigenvalue weighted by molar-refractivity contribution is 5.32. The van der Waals surface area contributed by atoms with Crippen LogP contribution in [0.5, 0.6) is 0 Å². The molecule has 1 heterocycles. The van der Waals surface area contributed by atoms with E-state index in [4.69, 9.17) is 15.2 Å². The number of hydrogen-bond acceptors (Lipinski definition) is 4. The van der Waals surface area contributed by atoms with Gasteiger partial charge in [-0.05, 0) is 30.5 Å². The van der Waals surface area contributed by atoms with Gasteiger partial charge in [0, 0.05) is 39.9 Å². The van der Waals surface area contributed by atoms with E-state index in [1.54, 1.807) is 14.2 Å². The van der Waals surface area contributed by atoms with Crippen LogP contribution in [0, 0.1) is 13.8 Å². The lowest BCUT2D eigenvalue weighted by Gasteiger charge is -2.27. The minimum atomic E-state index is 0.126. The second kappa shape index (κ2) is 6.68. The van der Waals surface area contributed by atoms with Crippen LogP contribution in [-0.4, -0.2) is 51.0 Å². The molecule has 1 fully saturated rings. The van der Waals surface area contributed by atoms with E-state index in [-0.39, 0.29) is 18.2 Å². The lowest BCUT2D eigenvalue weighted by atomic mass is 10.0. The van der Waals surface area contributed by atoms with Gasteiger partial charge in [-0.2, -0.15) is 0 Å². The summed E-state index contributed by atoms with van der Waals surface area (Å²) in [5, 5.41) is 0. The third-order valence-electron chi connectivity index (χ3n) is 4.43. The van der Waals surface area contributed by atoms with Crippen molar-refractivity contribution < 1.29 is 9.47 Å². The average Bonchev–Trinajstić information content (AvgIpc) is 2.86. The van der Waals surface area contributed by atoms with E-state index in [1.807, 2.05) is 0 Å². The normalized spacial score (nSPS) is 25.1. The first-order chi connectivity index (χ1) is 9.60. The molecule has 4 heteroatoms. The van der Waals surface area contributed by atoms with Crippen LogP contribution in [0.1, 0.15) is 22.7 Å². The Morgan fingerprint density at radius 2 is 1.75 bits per heavy atom. The fourth-order valence-corrected chi connectivity index (χ4v) is 2.95. The van der Waals surface area contributed by atoms with E-state index in [0.29, 0.717) is 6.54 Å². The molecule has 1 saturated heterocycles. The Kier molecular flexibility index (Phi) is 5.16. The predicted octanol–water partition coefficient (Wildman–Crippen LogP) is 1.65. The van der Waals surface area contributed by atoms with E-state index in [2.05, 4.69) is 36.9 Å². The first-order valence-electron chi connectivity index (χ1n) is 7.17. The zero-order valence-electron chi connectivity index (χ0n) is 12.9. The first-order valence-corrected chi connectivity index (χ1v) is 7.17. The summed E-state index contributed by atoms with van der Waals surface area (Å²) in [7, 11) is 3.49. The highest BCUT2D eigenvalue weighted by Crippen LogP contribution is 2.27. The van der Waals surface area contributed by atoms with Crippen LogP contribution in [0.25, 0.3) is 0 Å². The summed E-state index contributed by atoms with van der Waals surface area (Å²) in [5.74, 6) is 0. The number of nitrogens with zero attached hydrogens (tertiary/aromatic N) is 1. The predicted molar refractivity (Wildman–Crippen MR) is 80.9 cm³/mol. The molecule has 3 atom stereocenters. The quantitative estimate of drug-likeness (QED) is 0.889. The van der Waals surface area contributed by atoms with E-state index >= 15 is 0 Å². The fraction of sp³-hybridized carbons (Fsp3) is 0.625. The molecular formula is C16H26N2O2. The van der Waals surface area contributed by atoms with Crippen molar-refractivity contribution in [3.63, 3.8) is 0 Å². The summed E-state index contributed by atoms with van der Waals surface area (Å²) in [6.45, 7) is 6.61. The van der Waals surface area contributed by atoms with Crippen LogP contribution in [0.4, 0.5) is 0 Å². The Hall–Kier alpha value is -0.940. The van der Waals surface area contributed by atoms with Gasteiger partial charge in [0.1, 0.15) is 0 Å². The van der Waals surface area contributed by atoms with Crippen LogP contribution in [0.2, 0.25) is 0 Å². The van der Waals surface area contributed by atoms with Crippen LogP contribution in [0.15, 0.2) is 18.2 Å². The van der Waals surface area contributed by atoms with Gasteiger partial charge in [0.25, 0.3) is 0 Å². The summed E-state index contributed by atoms with van der Waals surface area (Å²) >= 11 is 0. The van der Waals surface area contributed by atoms with E-state index in [1.165, 1.54) is 16.7 Å². The molecular weight excluding hydrogens is 252 g/mol. The van der Waals surface area contributed by atoms with Crippen molar-refractivity contribution in [2.45, 2.75) is 32.1 Å². The number of hydrogen-bond donors (Lipinski definition) is 1. The maximum absolute atomic E-state index is 6.02. The van der Waals surface area contributed by atoms with Gasteiger partial charge in [-0.3, -0.25) is 4.90 Å². The number of rotatable bonds is 5. The molecule has 1 aliphatic rings. The lowest BCUT2D eigenvalue weighted by molar-refractivity contribution is -0.00461. The Morgan fingerprint density at radius 3 is 2.20 bits per heavy atom. The minimum absolute atomic E-state index is 0.126. The molecule has 20 heavy (non-hydrogen) atoms. The average molecular weight is 278 g/mol. The lowest BCUT2D eigenvalue weighted by Crippen LogP contribution is -2.33. The molecule has 3 unspecified atom stereocenters. The summed E-state index contributed by atoms with van der Waals surface area (Å²) in [6.07, 6.45) is 0.251. The minimum Gasteiger partial charge on any atom is -0.377 e. The molecule has 112 valence electrons. The smallest absolute Gasteiger partial charge is 0.0972 e. The van der Waals surface area contributed by atoms with Crippen molar-refractivity contribution >= 4 is 0 Å². The van der Waals surface area contributed by atoms with Gasteiger partial charge in [-0.25, -0.2) is 0 Å². The van der Waals surface area contributed by atoms with Gasteiger partial charge in [0.2, 0.25) is 0 Å². The van der Waals surface area contributed by atoms with Crippen molar-refractivity contribution in [1.29, 1.82) is 0 Å². The molecule has 2 rings (SSSR count). The monoisotopic (exact) mass is 278 g/mol. The van der Waals surface area contributed by atoms with Crippen molar-refractivity contribution in [3.05, 3.63) is 34.9 Å². The molecule has 0 aromatic heterocycles. The maximum atomic E-state index is 6.02. The summed E-state index contributed by atoms with van der Waals surface area (Å²) in [6, 6.07) is 6.83. The molecule has 4 nitrogen and oxygen atoms in total. The van der Waals surface area contributed by atoms with Crippen molar-refractivity contribution in [2.24, 2.45) is 5.73 Å². The Labute approximate surface area is 121 Å². The second-order valence-corrected chi connectivity index (χ2v) is 5.60. The van der Waals surface area contributed by atoms with E-state index in [0.717, 1.165) is 13.1 Å². The SMILES string of the molecule is COC1CN(C(CN)c2ccc(C)c(C)c2)CC1OC. The molecule has 0 amide bonds. The van der Waals surface area contributed by atoms with Crippen LogP contribution < -0.4 is 5.73 Å². The number of benzene rings is 1. The topological polar surface area (TPSA) is 47.7 Å². The van der Waals surface area contributed by atoms with Gasteiger partial charge >= 0.3 is 0 Å².